The van der Waals surface area contributed by atoms with Gasteiger partial charge in [-0.05, 0) is 120 Å². The molecule has 4 aliphatic carbocycles. The first-order valence-corrected chi connectivity index (χ1v) is 20.0. The Morgan fingerprint density at radius 2 is 1.59 bits per heavy atom. The Kier molecular flexibility index (Phi) is 6.62. The summed E-state index contributed by atoms with van der Waals surface area (Å²) in [5, 5.41) is 4.55. The minimum atomic E-state index is -1.66. The minimum Gasteiger partial charge on any atom is -0.415 e. The molecule has 0 bridgehead atoms. The average molecular weight is 480 g/mol. The van der Waals surface area contributed by atoms with Crippen LogP contribution in [0, 0.1) is 34.5 Å². The molecule has 0 heterocycles. The summed E-state index contributed by atoms with van der Waals surface area (Å²) >= 11 is 0. The van der Waals surface area contributed by atoms with E-state index in [4.69, 9.17) is 13.7 Å². The van der Waals surface area contributed by atoms with E-state index >= 15 is 0 Å². The molecule has 0 N–H and O–H groups in total. The second kappa shape index (κ2) is 8.49. The maximum atomic E-state index is 7.09. The van der Waals surface area contributed by atoms with Gasteiger partial charge in [-0.3, -0.25) is 0 Å². The summed E-state index contributed by atoms with van der Waals surface area (Å²) in [5.41, 5.74) is 1.82. The molecule has 0 radical (unpaired) electrons. The SMILES string of the molecule is CO/N=C1\CC[C@H]2[C@@H]3CC[C@H]4C[C@@H](O[Si](C)(C)C)CC[C@]4(C)[C@H]3[C@@H](O[Si](C)(C)C)C[C@]12C. The van der Waals surface area contributed by atoms with E-state index < -0.39 is 16.6 Å². The van der Waals surface area contributed by atoms with Crippen molar-refractivity contribution in [2.45, 2.75) is 117 Å². The number of nitrogens with zero attached hydrogens (tertiary/aromatic N) is 1. The third-order valence-electron chi connectivity index (χ3n) is 9.50. The van der Waals surface area contributed by atoms with Crippen molar-refractivity contribution >= 4 is 22.3 Å². The van der Waals surface area contributed by atoms with Crippen LogP contribution in [0.3, 0.4) is 0 Å². The Labute approximate surface area is 199 Å². The summed E-state index contributed by atoms with van der Waals surface area (Å²) in [4.78, 5) is 5.31. The maximum Gasteiger partial charge on any atom is 0.184 e. The van der Waals surface area contributed by atoms with E-state index in [1.54, 1.807) is 7.11 Å². The molecule has 6 heteroatoms. The molecule has 0 saturated heterocycles. The molecule has 184 valence electrons. The van der Waals surface area contributed by atoms with E-state index in [1.807, 2.05) is 0 Å². The Bertz CT molecular complexity index is 730. The van der Waals surface area contributed by atoms with Crippen molar-refractivity contribution in [2.75, 3.05) is 7.11 Å². The van der Waals surface area contributed by atoms with E-state index in [-0.39, 0.29) is 5.41 Å². The van der Waals surface area contributed by atoms with Crippen LogP contribution in [0.1, 0.15) is 65.2 Å². The summed E-state index contributed by atoms with van der Waals surface area (Å²) in [6.07, 6.45) is 10.9. The van der Waals surface area contributed by atoms with Gasteiger partial charge < -0.3 is 13.7 Å². The zero-order valence-electron chi connectivity index (χ0n) is 22.3. The lowest BCUT2D eigenvalue weighted by atomic mass is 9.44. The van der Waals surface area contributed by atoms with Crippen molar-refractivity contribution in [1.82, 2.24) is 0 Å². The van der Waals surface area contributed by atoms with Gasteiger partial charge in [0.2, 0.25) is 0 Å². The summed E-state index contributed by atoms with van der Waals surface area (Å²) in [6.45, 7) is 19.3. The van der Waals surface area contributed by atoms with Gasteiger partial charge in [-0.1, -0.05) is 19.0 Å². The molecule has 0 spiro atoms. The fourth-order valence-electron chi connectivity index (χ4n) is 8.53. The van der Waals surface area contributed by atoms with Gasteiger partial charge in [0.1, 0.15) is 7.11 Å². The van der Waals surface area contributed by atoms with Crippen molar-refractivity contribution in [2.24, 2.45) is 39.7 Å². The topological polar surface area (TPSA) is 40.0 Å². The molecule has 0 aromatic heterocycles. The van der Waals surface area contributed by atoms with Crippen LogP contribution >= 0.6 is 0 Å². The van der Waals surface area contributed by atoms with Crippen LogP contribution in [0.4, 0.5) is 0 Å². The van der Waals surface area contributed by atoms with Gasteiger partial charge in [0.15, 0.2) is 16.6 Å². The largest absolute Gasteiger partial charge is 0.415 e. The van der Waals surface area contributed by atoms with E-state index in [0.29, 0.717) is 23.5 Å². The first-order chi connectivity index (χ1) is 14.8. The first kappa shape index (κ1) is 24.9. The number of hydrogen-bond donors (Lipinski definition) is 0. The predicted molar refractivity (Wildman–Crippen MR) is 138 cm³/mol. The maximum absolute atomic E-state index is 7.09. The molecule has 4 rings (SSSR count). The highest BCUT2D eigenvalue weighted by Gasteiger charge is 2.63. The molecule has 4 saturated carbocycles. The van der Waals surface area contributed by atoms with Crippen LogP contribution in [-0.4, -0.2) is 41.7 Å². The number of fused-ring (bicyclic) bond motifs is 5. The van der Waals surface area contributed by atoms with E-state index in [1.165, 1.54) is 44.2 Å². The van der Waals surface area contributed by atoms with Crippen molar-refractivity contribution in [3.05, 3.63) is 0 Å². The molecule has 0 amide bonds. The van der Waals surface area contributed by atoms with Crippen molar-refractivity contribution in [1.29, 1.82) is 0 Å². The highest BCUT2D eigenvalue weighted by atomic mass is 28.4. The van der Waals surface area contributed by atoms with Gasteiger partial charge in [-0.15, -0.1) is 0 Å². The number of hydrogen-bond acceptors (Lipinski definition) is 4. The van der Waals surface area contributed by atoms with E-state index in [2.05, 4.69) is 58.3 Å². The predicted octanol–water partition coefficient (Wildman–Crippen LogP) is 7.08. The van der Waals surface area contributed by atoms with Gasteiger partial charge in [0, 0.05) is 17.6 Å². The molecular weight excluding hydrogens is 430 g/mol. The Morgan fingerprint density at radius 3 is 2.22 bits per heavy atom. The summed E-state index contributed by atoms with van der Waals surface area (Å²) in [7, 11) is -1.45. The van der Waals surface area contributed by atoms with Gasteiger partial charge in [-0.25, -0.2) is 0 Å². The fourth-order valence-corrected chi connectivity index (χ4v) is 10.9. The molecule has 8 atom stereocenters. The fraction of sp³-hybridized carbons (Fsp3) is 0.962. The van der Waals surface area contributed by atoms with Crippen LogP contribution in [-0.2, 0) is 13.7 Å². The minimum absolute atomic E-state index is 0.142. The zero-order valence-corrected chi connectivity index (χ0v) is 24.3. The molecule has 4 aliphatic rings. The average Bonchev–Trinajstić information content (AvgIpc) is 2.95. The Hall–Kier alpha value is -0.176. The lowest BCUT2D eigenvalue weighted by molar-refractivity contribution is -0.157. The highest BCUT2D eigenvalue weighted by Crippen LogP contribution is 2.66. The quantitative estimate of drug-likeness (QED) is 0.312. The second-order valence-electron chi connectivity index (χ2n) is 13.9. The smallest absolute Gasteiger partial charge is 0.184 e. The third-order valence-corrected chi connectivity index (χ3v) is 11.5. The Balaban J connectivity index is 1.65. The van der Waals surface area contributed by atoms with Gasteiger partial charge in [0.05, 0.1) is 5.71 Å². The normalized spacial score (nSPS) is 45.8. The van der Waals surface area contributed by atoms with Gasteiger partial charge in [-0.2, -0.15) is 0 Å². The number of oxime groups is 1. The highest BCUT2D eigenvalue weighted by molar-refractivity contribution is 6.70. The monoisotopic (exact) mass is 479 g/mol. The zero-order chi connectivity index (χ0) is 23.5. The van der Waals surface area contributed by atoms with Gasteiger partial charge in [0.25, 0.3) is 0 Å². The van der Waals surface area contributed by atoms with Crippen molar-refractivity contribution in [3.8, 4) is 0 Å². The van der Waals surface area contributed by atoms with Crippen LogP contribution in [0.2, 0.25) is 39.3 Å². The lowest BCUT2D eigenvalue weighted by Crippen LogP contribution is -2.61. The molecule has 0 aromatic rings. The molecule has 0 aromatic carbocycles. The van der Waals surface area contributed by atoms with Crippen molar-refractivity contribution < 1.29 is 13.7 Å². The standard InChI is InChI=1S/C26H49NO3Si2/c1-25-15-14-19(29-31(4,5)6)16-18(25)10-11-20-21-12-13-23(27-28-3)26(21,2)17-22(24(20)25)30-32(7,8)9/h18-22,24H,10-17H2,1-9H3/b27-23+/t18-,19-,20-,21-,22-,24+,25-,26-/m0/s1. The molecule has 0 aliphatic heterocycles. The van der Waals surface area contributed by atoms with Crippen LogP contribution in [0.25, 0.3) is 0 Å². The molecule has 4 nitrogen and oxygen atoms in total. The summed E-state index contributed by atoms with van der Waals surface area (Å²) in [5.74, 6) is 2.96. The van der Waals surface area contributed by atoms with E-state index in [0.717, 1.165) is 30.6 Å². The summed E-state index contributed by atoms with van der Waals surface area (Å²) < 4.78 is 13.7. The van der Waals surface area contributed by atoms with Crippen molar-refractivity contribution in [3.63, 3.8) is 0 Å². The number of rotatable bonds is 5. The summed E-state index contributed by atoms with van der Waals surface area (Å²) in [6, 6.07) is 0. The van der Waals surface area contributed by atoms with E-state index in [9.17, 15) is 0 Å². The molecule has 0 unspecified atom stereocenters. The van der Waals surface area contributed by atoms with Crippen LogP contribution in [0.15, 0.2) is 5.16 Å². The Morgan fingerprint density at radius 1 is 0.906 bits per heavy atom. The van der Waals surface area contributed by atoms with Crippen LogP contribution in [0.5, 0.6) is 0 Å². The van der Waals surface area contributed by atoms with Crippen LogP contribution < -0.4 is 0 Å². The lowest BCUT2D eigenvalue weighted by Gasteiger charge is -2.63. The molecular formula is C26H49NO3Si2. The van der Waals surface area contributed by atoms with Gasteiger partial charge >= 0.3 is 0 Å². The first-order valence-electron chi connectivity index (χ1n) is 13.2. The second-order valence-corrected chi connectivity index (χ2v) is 22.8. The molecule has 32 heavy (non-hydrogen) atoms. The third kappa shape index (κ3) is 4.55. The molecule has 4 fully saturated rings.